The summed E-state index contributed by atoms with van der Waals surface area (Å²) in [7, 11) is 0. The Kier molecular flexibility index (Phi) is 2.64. The van der Waals surface area contributed by atoms with Gasteiger partial charge in [0.05, 0.1) is 0 Å². The average molecular weight is 255 g/mol. The maximum atomic E-state index is 12.1. The fourth-order valence-corrected chi connectivity index (χ4v) is 3.20. The lowest BCUT2D eigenvalue weighted by Gasteiger charge is -2.17. The van der Waals surface area contributed by atoms with Crippen LogP contribution in [0.5, 0.6) is 0 Å². The lowest BCUT2D eigenvalue weighted by molar-refractivity contribution is 0.0748. The number of hydrogen-bond acceptors (Lipinski definition) is 3. The molecule has 0 spiro atoms. The zero-order valence-electron chi connectivity index (χ0n) is 9.43. The molecule has 1 aliphatic heterocycles. The molecule has 1 aromatic rings. The minimum absolute atomic E-state index is 0.0708. The van der Waals surface area contributed by atoms with Crippen molar-refractivity contribution in [3.63, 3.8) is 0 Å². The molecule has 1 saturated carbocycles. The van der Waals surface area contributed by atoms with Gasteiger partial charge in [0, 0.05) is 19.1 Å². The highest BCUT2D eigenvalue weighted by Gasteiger charge is 2.43. The number of nitrogens with two attached hydrogens (primary N) is 1. The predicted molar refractivity (Wildman–Crippen MR) is 63.8 cm³/mol. The third-order valence-electron chi connectivity index (χ3n) is 3.98. The van der Waals surface area contributed by atoms with E-state index in [4.69, 9.17) is 21.8 Å². The highest BCUT2D eigenvalue weighted by molar-refractivity contribution is 6.29. The molecule has 3 unspecified atom stereocenters. The summed E-state index contributed by atoms with van der Waals surface area (Å²) in [6, 6.07) is 3.47. The van der Waals surface area contributed by atoms with E-state index in [1.54, 1.807) is 12.1 Å². The van der Waals surface area contributed by atoms with Crippen LogP contribution in [0.4, 0.5) is 0 Å². The molecule has 1 amide bonds. The zero-order chi connectivity index (χ0) is 12.0. The third kappa shape index (κ3) is 1.85. The lowest BCUT2D eigenvalue weighted by Crippen LogP contribution is -2.33. The maximum absolute atomic E-state index is 12.1. The number of fused-ring (bicyclic) bond motifs is 1. The van der Waals surface area contributed by atoms with Gasteiger partial charge in [0.25, 0.3) is 5.91 Å². The summed E-state index contributed by atoms with van der Waals surface area (Å²) in [5.74, 6) is 1.28. The number of rotatable bonds is 1. The Morgan fingerprint density at radius 3 is 2.88 bits per heavy atom. The van der Waals surface area contributed by atoms with Crippen LogP contribution in [-0.4, -0.2) is 29.9 Å². The van der Waals surface area contributed by atoms with Crippen molar-refractivity contribution < 1.29 is 9.21 Å². The molecule has 1 aromatic heterocycles. The summed E-state index contributed by atoms with van der Waals surface area (Å²) in [4.78, 5) is 14.0. The van der Waals surface area contributed by atoms with E-state index in [1.807, 2.05) is 4.90 Å². The largest absolute Gasteiger partial charge is 0.440 e. The molecule has 17 heavy (non-hydrogen) atoms. The number of nitrogens with zero attached hydrogens (tertiary/aromatic N) is 1. The fourth-order valence-electron chi connectivity index (χ4n) is 3.06. The van der Waals surface area contributed by atoms with Crippen molar-refractivity contribution in [3.8, 4) is 0 Å². The van der Waals surface area contributed by atoms with Crippen LogP contribution >= 0.6 is 11.6 Å². The molecular formula is C12H15ClN2O2. The van der Waals surface area contributed by atoms with Crippen LogP contribution in [0.15, 0.2) is 16.5 Å². The van der Waals surface area contributed by atoms with Crippen molar-refractivity contribution in [1.82, 2.24) is 4.90 Å². The van der Waals surface area contributed by atoms with E-state index in [0.717, 1.165) is 25.9 Å². The predicted octanol–water partition coefficient (Wildman–Crippen LogP) is 1.74. The molecule has 4 nitrogen and oxygen atoms in total. The monoisotopic (exact) mass is 254 g/mol. The van der Waals surface area contributed by atoms with E-state index in [2.05, 4.69) is 0 Å². The quantitative estimate of drug-likeness (QED) is 0.831. The van der Waals surface area contributed by atoms with Gasteiger partial charge in [0.15, 0.2) is 11.0 Å². The molecule has 3 atom stereocenters. The van der Waals surface area contributed by atoms with E-state index in [9.17, 15) is 4.79 Å². The second-order valence-corrected chi connectivity index (χ2v) is 5.35. The lowest BCUT2D eigenvalue weighted by atomic mass is 9.98. The molecule has 1 saturated heterocycles. The molecule has 2 heterocycles. The van der Waals surface area contributed by atoms with E-state index < -0.39 is 0 Å². The smallest absolute Gasteiger partial charge is 0.289 e. The Morgan fingerprint density at radius 1 is 1.41 bits per heavy atom. The number of halogens is 1. The van der Waals surface area contributed by atoms with Crippen LogP contribution < -0.4 is 5.73 Å². The maximum Gasteiger partial charge on any atom is 0.289 e. The first-order valence-corrected chi connectivity index (χ1v) is 6.33. The van der Waals surface area contributed by atoms with Gasteiger partial charge in [0.2, 0.25) is 0 Å². The molecule has 92 valence electrons. The zero-order valence-corrected chi connectivity index (χ0v) is 10.2. The molecule has 0 bridgehead atoms. The molecular weight excluding hydrogens is 240 g/mol. The Labute approximate surface area is 105 Å². The van der Waals surface area contributed by atoms with Gasteiger partial charge in [-0.05, 0) is 48.4 Å². The van der Waals surface area contributed by atoms with Crippen molar-refractivity contribution in [3.05, 3.63) is 23.1 Å². The molecule has 0 aromatic carbocycles. The number of likely N-dealkylation sites (tertiary alicyclic amines) is 1. The normalized spacial score (nSPS) is 31.9. The van der Waals surface area contributed by atoms with Gasteiger partial charge in [0.1, 0.15) is 0 Å². The number of carbonyl (C=O) groups excluding carboxylic acids is 1. The average Bonchev–Trinajstić information content (AvgIpc) is 2.96. The fraction of sp³-hybridized carbons (Fsp3) is 0.583. The SMILES string of the molecule is NC1CCC2CN(C(=O)c3ccc(Cl)o3)CC12. The summed E-state index contributed by atoms with van der Waals surface area (Å²) in [6.45, 7) is 1.55. The van der Waals surface area contributed by atoms with Crippen molar-refractivity contribution in [1.29, 1.82) is 0 Å². The highest BCUT2D eigenvalue weighted by atomic mass is 35.5. The van der Waals surface area contributed by atoms with Crippen molar-refractivity contribution in [2.75, 3.05) is 13.1 Å². The van der Waals surface area contributed by atoms with Crippen LogP contribution in [0.3, 0.4) is 0 Å². The summed E-state index contributed by atoms with van der Waals surface area (Å²) < 4.78 is 5.15. The minimum atomic E-state index is -0.0708. The summed E-state index contributed by atoms with van der Waals surface area (Å²) in [6.07, 6.45) is 2.22. The molecule has 5 heteroatoms. The van der Waals surface area contributed by atoms with Gasteiger partial charge >= 0.3 is 0 Å². The second-order valence-electron chi connectivity index (χ2n) is 4.98. The Hall–Kier alpha value is -1.00. The van der Waals surface area contributed by atoms with Crippen LogP contribution in [0, 0.1) is 11.8 Å². The summed E-state index contributed by atoms with van der Waals surface area (Å²) >= 11 is 5.67. The van der Waals surface area contributed by atoms with E-state index >= 15 is 0 Å². The first-order valence-electron chi connectivity index (χ1n) is 5.95. The molecule has 2 fully saturated rings. The number of furan rings is 1. The first kappa shape index (κ1) is 11.1. The van der Waals surface area contributed by atoms with Gasteiger partial charge in [-0.1, -0.05) is 0 Å². The number of amides is 1. The van der Waals surface area contributed by atoms with Gasteiger partial charge in [-0.15, -0.1) is 0 Å². The van der Waals surface area contributed by atoms with Crippen LogP contribution in [0.1, 0.15) is 23.4 Å². The third-order valence-corrected chi connectivity index (χ3v) is 4.19. The van der Waals surface area contributed by atoms with Gasteiger partial charge in [-0.2, -0.15) is 0 Å². The minimum Gasteiger partial charge on any atom is -0.440 e. The first-order chi connectivity index (χ1) is 8.15. The van der Waals surface area contributed by atoms with E-state index in [0.29, 0.717) is 17.6 Å². The summed E-state index contributed by atoms with van der Waals surface area (Å²) in [5.41, 5.74) is 6.04. The Morgan fingerprint density at radius 2 is 2.24 bits per heavy atom. The van der Waals surface area contributed by atoms with Crippen LogP contribution in [0.25, 0.3) is 0 Å². The molecule has 2 aliphatic rings. The van der Waals surface area contributed by atoms with Crippen LogP contribution in [0.2, 0.25) is 5.22 Å². The van der Waals surface area contributed by atoms with Crippen molar-refractivity contribution in [2.24, 2.45) is 17.6 Å². The molecule has 1 aliphatic carbocycles. The molecule has 2 N–H and O–H groups in total. The Bertz CT molecular complexity index is 445. The second kappa shape index (κ2) is 4.03. The van der Waals surface area contributed by atoms with Gasteiger partial charge < -0.3 is 15.1 Å². The van der Waals surface area contributed by atoms with E-state index in [-0.39, 0.29) is 17.2 Å². The van der Waals surface area contributed by atoms with Crippen molar-refractivity contribution in [2.45, 2.75) is 18.9 Å². The van der Waals surface area contributed by atoms with Gasteiger partial charge in [-0.3, -0.25) is 4.79 Å². The molecule has 3 rings (SSSR count). The Balaban J connectivity index is 1.73. The van der Waals surface area contributed by atoms with Crippen molar-refractivity contribution >= 4 is 17.5 Å². The standard InChI is InChI=1S/C12H15ClN2O2/c13-11-4-3-10(17-11)12(16)15-5-7-1-2-9(14)8(7)6-15/h3-4,7-9H,1-2,5-6,14H2. The topological polar surface area (TPSA) is 59.5 Å². The summed E-state index contributed by atoms with van der Waals surface area (Å²) in [5, 5.41) is 0.254. The van der Waals surface area contributed by atoms with Crippen LogP contribution in [-0.2, 0) is 0 Å². The highest BCUT2D eigenvalue weighted by Crippen LogP contribution is 2.37. The molecule has 0 radical (unpaired) electrons. The number of carbonyl (C=O) groups is 1. The van der Waals surface area contributed by atoms with E-state index in [1.165, 1.54) is 0 Å². The van der Waals surface area contributed by atoms with Gasteiger partial charge in [-0.25, -0.2) is 0 Å². The number of hydrogen-bond donors (Lipinski definition) is 1.